The number of hydroxylamine groups is 2. The van der Waals surface area contributed by atoms with Crippen LogP contribution in [0, 0.1) is 5.21 Å². The monoisotopic (exact) mass is 296 g/mol. The molecule has 1 aliphatic rings. The minimum absolute atomic E-state index is 0.0520. The number of hydrogen-bond acceptors (Lipinski definition) is 6. The van der Waals surface area contributed by atoms with Crippen molar-refractivity contribution in [2.45, 2.75) is 12.4 Å². The zero-order chi connectivity index (χ0) is 14.3. The first kappa shape index (κ1) is 14.3. The molecule has 1 aliphatic heterocycles. The largest absolute Gasteiger partial charge is 0.623 e. The van der Waals surface area contributed by atoms with Crippen LogP contribution >= 0.6 is 11.3 Å². The molecular weight excluding hydrogens is 285 g/mol. The lowest BCUT2D eigenvalue weighted by Gasteiger charge is -2.36. The fourth-order valence-corrected chi connectivity index (χ4v) is 2.58. The zero-order valence-corrected chi connectivity index (χ0v) is 10.5. The maximum Gasteiger partial charge on any atom is 0.445 e. The van der Waals surface area contributed by atoms with Gasteiger partial charge in [0.25, 0.3) is 0 Å². The molecule has 0 saturated carbocycles. The first-order valence-electron chi connectivity index (χ1n) is 5.28. The molecular formula is C9H11F3N4O2S. The Hall–Kier alpha value is -1.07. The molecule has 106 valence electrons. The van der Waals surface area contributed by atoms with E-state index in [0.29, 0.717) is 6.54 Å². The highest BCUT2D eigenvalue weighted by Crippen LogP contribution is 2.38. The molecule has 2 unspecified atom stereocenters. The number of hydrogen-bond donors (Lipinski definition) is 1. The van der Waals surface area contributed by atoms with Crippen molar-refractivity contribution < 1.29 is 18.3 Å². The fourth-order valence-electron chi connectivity index (χ4n) is 1.80. The molecule has 1 saturated heterocycles. The molecule has 1 aromatic rings. The van der Waals surface area contributed by atoms with E-state index in [9.17, 15) is 23.5 Å². The Balaban J connectivity index is 2.25. The van der Waals surface area contributed by atoms with Crippen molar-refractivity contribution in [3.63, 3.8) is 0 Å². The molecule has 0 spiro atoms. The predicted octanol–water partition coefficient (Wildman–Crippen LogP) is 1.14. The molecule has 1 N–H and O–H groups in total. The summed E-state index contributed by atoms with van der Waals surface area (Å²) < 4.78 is 35.9. The molecule has 1 fully saturated rings. The lowest BCUT2D eigenvalue weighted by molar-refractivity contribution is -0.138. The second kappa shape index (κ2) is 4.80. The van der Waals surface area contributed by atoms with Gasteiger partial charge in [-0.2, -0.15) is 13.2 Å². The van der Waals surface area contributed by atoms with Crippen LogP contribution in [0.2, 0.25) is 0 Å². The number of aromatic nitrogens is 2. The number of aliphatic hydroxyl groups excluding tert-OH is 1. The van der Waals surface area contributed by atoms with E-state index in [4.69, 9.17) is 0 Å². The van der Waals surface area contributed by atoms with Crippen LogP contribution in [0.25, 0.3) is 0 Å². The Bertz CT molecular complexity index is 480. The quantitative estimate of drug-likeness (QED) is 0.514. The maximum atomic E-state index is 12.4. The van der Waals surface area contributed by atoms with Gasteiger partial charge < -0.3 is 10.3 Å². The Morgan fingerprint density at radius 3 is 2.79 bits per heavy atom. The van der Waals surface area contributed by atoms with E-state index < -0.39 is 27.2 Å². The van der Waals surface area contributed by atoms with Crippen LogP contribution in [0.15, 0.2) is 12.7 Å². The number of halogens is 3. The Labute approximate surface area is 110 Å². The number of aliphatic hydroxyl groups is 1. The van der Waals surface area contributed by atoms with Gasteiger partial charge >= 0.3 is 11.3 Å². The highest BCUT2D eigenvalue weighted by molar-refractivity contribution is 7.15. The van der Waals surface area contributed by atoms with Crippen molar-refractivity contribution in [3.8, 4) is 0 Å². The van der Waals surface area contributed by atoms with Crippen LogP contribution in [0.1, 0.15) is 5.01 Å². The average Bonchev–Trinajstić information content (AvgIpc) is 2.86. The number of nitrogens with zero attached hydrogens (tertiary/aromatic N) is 4. The summed E-state index contributed by atoms with van der Waals surface area (Å²) in [5.74, 6) is 0. The molecule has 0 radical (unpaired) electrons. The van der Waals surface area contributed by atoms with Gasteiger partial charge in [-0.3, -0.25) is 4.65 Å². The lowest BCUT2D eigenvalue weighted by Crippen LogP contribution is -2.48. The molecule has 2 atom stereocenters. The first-order chi connectivity index (χ1) is 8.77. The van der Waals surface area contributed by atoms with Crippen molar-refractivity contribution in [2.24, 2.45) is 0 Å². The zero-order valence-electron chi connectivity index (χ0n) is 9.67. The SMILES string of the molecule is C=CCN1CC(O)[N+]([O-])(c2nnc(C(F)(F)F)s2)C1. The summed E-state index contributed by atoms with van der Waals surface area (Å²) in [6.45, 7) is 3.74. The van der Waals surface area contributed by atoms with Gasteiger partial charge in [0.15, 0.2) is 0 Å². The minimum Gasteiger partial charge on any atom is -0.623 e. The van der Waals surface area contributed by atoms with Crippen molar-refractivity contribution >= 4 is 16.5 Å². The van der Waals surface area contributed by atoms with Gasteiger partial charge in [-0.15, -0.1) is 11.7 Å². The summed E-state index contributed by atoms with van der Waals surface area (Å²) in [4.78, 5) is 1.58. The van der Waals surface area contributed by atoms with Crippen molar-refractivity contribution in [3.05, 3.63) is 22.9 Å². The molecule has 10 heteroatoms. The number of quaternary nitrogens is 1. The van der Waals surface area contributed by atoms with Gasteiger partial charge in [0.05, 0.1) is 6.54 Å². The van der Waals surface area contributed by atoms with Gasteiger partial charge in [-0.1, -0.05) is 11.2 Å². The smallest absolute Gasteiger partial charge is 0.445 e. The second-order valence-corrected chi connectivity index (χ2v) is 5.09. The van der Waals surface area contributed by atoms with E-state index in [2.05, 4.69) is 16.8 Å². The predicted molar refractivity (Wildman–Crippen MR) is 62.7 cm³/mol. The van der Waals surface area contributed by atoms with E-state index in [1.165, 1.54) is 0 Å². The molecule has 0 bridgehead atoms. The maximum absolute atomic E-state index is 12.4. The average molecular weight is 296 g/mol. The Morgan fingerprint density at radius 2 is 2.26 bits per heavy atom. The third-order valence-corrected chi connectivity index (χ3v) is 3.76. The Morgan fingerprint density at radius 1 is 1.58 bits per heavy atom. The minimum atomic E-state index is -4.64. The third-order valence-electron chi connectivity index (χ3n) is 2.68. The summed E-state index contributed by atoms with van der Waals surface area (Å²) in [6, 6.07) is 0. The van der Waals surface area contributed by atoms with E-state index in [0.717, 1.165) is 0 Å². The van der Waals surface area contributed by atoms with Gasteiger partial charge in [0.1, 0.15) is 6.67 Å². The fraction of sp³-hybridized carbons (Fsp3) is 0.556. The highest BCUT2D eigenvalue weighted by atomic mass is 32.1. The summed E-state index contributed by atoms with van der Waals surface area (Å²) in [7, 11) is 0. The molecule has 6 nitrogen and oxygen atoms in total. The number of β-amino-alcohol motifs (C(OH)–C–C–N with tert-alkyl or cyclic N) is 1. The van der Waals surface area contributed by atoms with Gasteiger partial charge in [-0.05, 0) is 11.3 Å². The van der Waals surface area contributed by atoms with E-state index in [1.54, 1.807) is 11.0 Å². The normalized spacial score (nSPS) is 28.8. The van der Waals surface area contributed by atoms with Crippen LogP contribution < -0.4 is 4.65 Å². The van der Waals surface area contributed by atoms with Gasteiger partial charge in [0.2, 0.25) is 11.2 Å². The third kappa shape index (κ3) is 2.62. The first-order valence-corrected chi connectivity index (χ1v) is 6.10. The molecule has 2 heterocycles. The van der Waals surface area contributed by atoms with Crippen LogP contribution in [0.3, 0.4) is 0 Å². The Kier molecular flexibility index (Phi) is 3.62. The molecule has 1 aromatic heterocycles. The van der Waals surface area contributed by atoms with E-state index in [-0.39, 0.29) is 24.6 Å². The molecule has 0 amide bonds. The standard InChI is InChI=1S/C9H11F3N4O2S/c1-2-3-15-4-6(17)16(18,5-15)8-14-13-7(19-8)9(10,11)12/h2,6,17H,1,3-5H2. The van der Waals surface area contributed by atoms with Crippen molar-refractivity contribution in [1.29, 1.82) is 0 Å². The summed E-state index contributed by atoms with van der Waals surface area (Å²) in [5, 5.41) is 26.8. The van der Waals surface area contributed by atoms with E-state index in [1.807, 2.05) is 0 Å². The van der Waals surface area contributed by atoms with Crippen LogP contribution in [-0.4, -0.2) is 46.2 Å². The van der Waals surface area contributed by atoms with Crippen LogP contribution in [-0.2, 0) is 6.18 Å². The van der Waals surface area contributed by atoms with Crippen molar-refractivity contribution in [1.82, 2.24) is 19.7 Å². The molecule has 0 aromatic carbocycles. The summed E-state index contributed by atoms with van der Waals surface area (Å²) >= 11 is 0.160. The molecule has 19 heavy (non-hydrogen) atoms. The highest BCUT2D eigenvalue weighted by Gasteiger charge is 2.45. The second-order valence-electron chi connectivity index (χ2n) is 4.13. The van der Waals surface area contributed by atoms with Crippen LogP contribution in [0.4, 0.5) is 18.3 Å². The topological polar surface area (TPSA) is 72.3 Å². The lowest BCUT2D eigenvalue weighted by atomic mass is 10.5. The van der Waals surface area contributed by atoms with E-state index >= 15 is 0 Å². The summed E-state index contributed by atoms with van der Waals surface area (Å²) in [6.07, 6.45) is -4.47. The number of alkyl halides is 3. The van der Waals surface area contributed by atoms with Crippen molar-refractivity contribution in [2.75, 3.05) is 19.8 Å². The van der Waals surface area contributed by atoms with Gasteiger partial charge in [-0.25, -0.2) is 4.90 Å². The molecule has 0 aliphatic carbocycles. The van der Waals surface area contributed by atoms with Crippen LogP contribution in [0.5, 0.6) is 0 Å². The molecule has 2 rings (SSSR count). The number of rotatable bonds is 3. The van der Waals surface area contributed by atoms with Gasteiger partial charge in [0, 0.05) is 6.54 Å². The summed E-state index contributed by atoms with van der Waals surface area (Å²) in [5.41, 5.74) is 0.